The maximum Gasteiger partial charge on any atom is 0.0390 e. The van der Waals surface area contributed by atoms with Crippen LogP contribution in [0.15, 0.2) is 60.7 Å². The number of rotatable bonds is 3. The highest BCUT2D eigenvalue weighted by Gasteiger charge is 2.33. The van der Waals surface area contributed by atoms with E-state index in [0.717, 1.165) is 11.4 Å². The second-order valence-corrected chi connectivity index (χ2v) is 14.2. The average Bonchev–Trinajstić information content (AvgIpc) is 2.70. The number of anilines is 2. The molecule has 0 radical (unpaired) electrons. The molecule has 3 aromatic carbocycles. The van der Waals surface area contributed by atoms with Gasteiger partial charge in [0, 0.05) is 11.4 Å². The molecule has 0 saturated carbocycles. The number of hydrogen-bond acceptors (Lipinski definition) is 1. The Morgan fingerprint density at radius 3 is 1.54 bits per heavy atom. The zero-order valence-electron chi connectivity index (χ0n) is 24.3. The second-order valence-electron chi connectivity index (χ2n) is 14.2. The molecule has 0 aliphatic carbocycles. The maximum atomic E-state index is 3.63. The average molecular weight is 470 g/mol. The summed E-state index contributed by atoms with van der Waals surface area (Å²) in [6.07, 6.45) is 0. The minimum Gasteiger partial charge on any atom is -0.356 e. The van der Waals surface area contributed by atoms with Gasteiger partial charge in [-0.15, -0.1) is 0 Å². The molecule has 3 rings (SSSR count). The molecule has 0 bridgehead atoms. The summed E-state index contributed by atoms with van der Waals surface area (Å²) in [5, 5.41) is 3.63. The van der Waals surface area contributed by atoms with Gasteiger partial charge >= 0.3 is 0 Å². The molecule has 0 amide bonds. The maximum absolute atomic E-state index is 3.63. The molecule has 1 heteroatoms. The number of benzene rings is 3. The van der Waals surface area contributed by atoms with Crippen LogP contribution in [0.2, 0.25) is 0 Å². The first kappa shape index (κ1) is 27.1. The molecule has 1 nitrogen and oxygen atoms in total. The molecule has 0 aliphatic rings. The minimum atomic E-state index is 0.0193. The Balaban J connectivity index is 2.13. The fraction of sp³-hybridized carbons (Fsp3) is 0.471. The highest BCUT2D eigenvalue weighted by Crippen LogP contribution is 2.45. The third-order valence-electron chi connectivity index (χ3n) is 6.73. The van der Waals surface area contributed by atoms with Gasteiger partial charge < -0.3 is 5.32 Å². The number of hydrogen-bond donors (Lipinski definition) is 1. The van der Waals surface area contributed by atoms with Crippen LogP contribution in [-0.4, -0.2) is 0 Å². The molecular formula is C34H47N. The Morgan fingerprint density at radius 2 is 1.06 bits per heavy atom. The van der Waals surface area contributed by atoms with Gasteiger partial charge in [0.25, 0.3) is 0 Å². The van der Waals surface area contributed by atoms with Crippen molar-refractivity contribution in [3.05, 3.63) is 82.9 Å². The van der Waals surface area contributed by atoms with E-state index in [0.29, 0.717) is 0 Å². The van der Waals surface area contributed by atoms with Crippen molar-refractivity contribution in [3.8, 4) is 11.1 Å². The zero-order chi connectivity index (χ0) is 26.4. The summed E-state index contributed by atoms with van der Waals surface area (Å²) >= 11 is 0. The molecule has 0 aromatic heterocycles. The molecule has 0 unspecified atom stereocenters. The quantitative estimate of drug-likeness (QED) is 0.402. The topological polar surface area (TPSA) is 12.0 Å². The Hall–Kier alpha value is -2.54. The van der Waals surface area contributed by atoms with Crippen molar-refractivity contribution in [2.45, 2.75) is 105 Å². The van der Waals surface area contributed by atoms with E-state index in [2.05, 4.69) is 149 Å². The lowest BCUT2D eigenvalue weighted by molar-refractivity contribution is 0.499. The fourth-order valence-corrected chi connectivity index (χ4v) is 5.01. The Morgan fingerprint density at radius 1 is 0.486 bits per heavy atom. The Labute approximate surface area is 215 Å². The van der Waals surface area contributed by atoms with E-state index >= 15 is 0 Å². The van der Waals surface area contributed by atoms with E-state index in [1.807, 2.05) is 0 Å². The molecule has 0 spiro atoms. The molecule has 0 aliphatic heterocycles. The summed E-state index contributed by atoms with van der Waals surface area (Å²) in [7, 11) is 0. The van der Waals surface area contributed by atoms with E-state index in [1.54, 1.807) is 0 Å². The molecule has 0 heterocycles. The molecule has 0 saturated heterocycles. The second kappa shape index (κ2) is 9.16. The first-order chi connectivity index (χ1) is 15.9. The molecule has 188 valence electrons. The molecule has 0 fully saturated rings. The van der Waals surface area contributed by atoms with Crippen LogP contribution in [0.4, 0.5) is 11.4 Å². The van der Waals surface area contributed by atoms with Gasteiger partial charge in [-0.25, -0.2) is 0 Å². The summed E-state index contributed by atoms with van der Waals surface area (Å²) < 4.78 is 0. The molecule has 1 N–H and O–H groups in total. The van der Waals surface area contributed by atoms with Crippen LogP contribution in [0.3, 0.4) is 0 Å². The van der Waals surface area contributed by atoms with Crippen LogP contribution in [-0.2, 0) is 21.7 Å². The van der Waals surface area contributed by atoms with Crippen molar-refractivity contribution in [2.75, 3.05) is 5.32 Å². The predicted octanol–water partition coefficient (Wildman–Crippen LogP) is 10.3. The van der Waals surface area contributed by atoms with Gasteiger partial charge in [-0.3, -0.25) is 0 Å². The van der Waals surface area contributed by atoms with Crippen LogP contribution >= 0.6 is 0 Å². The lowest BCUT2D eigenvalue weighted by atomic mass is 9.66. The van der Waals surface area contributed by atoms with Crippen molar-refractivity contribution in [1.29, 1.82) is 0 Å². The standard InChI is InChI=1S/C34H47N/c1-31(2,3)24-16-18-25(19-17-24)35-26-15-13-14-23(22-26)27-20-21-28(32(4,5)6)30(34(10,11)12)29(27)33(7,8)9/h13-22,35H,1-12H3. The van der Waals surface area contributed by atoms with Crippen LogP contribution in [0.5, 0.6) is 0 Å². The lowest BCUT2D eigenvalue weighted by Gasteiger charge is -2.38. The highest BCUT2D eigenvalue weighted by atomic mass is 14.9. The van der Waals surface area contributed by atoms with Crippen LogP contribution in [0.1, 0.15) is 105 Å². The van der Waals surface area contributed by atoms with E-state index < -0.39 is 0 Å². The minimum absolute atomic E-state index is 0.0193. The van der Waals surface area contributed by atoms with Gasteiger partial charge in [0.15, 0.2) is 0 Å². The fourth-order valence-electron chi connectivity index (χ4n) is 5.01. The summed E-state index contributed by atoms with van der Waals surface area (Å²) in [6.45, 7) is 27.9. The third-order valence-corrected chi connectivity index (χ3v) is 6.73. The normalized spacial score (nSPS) is 13.1. The highest BCUT2D eigenvalue weighted by molar-refractivity contribution is 5.76. The van der Waals surface area contributed by atoms with Gasteiger partial charge in [-0.05, 0) is 79.3 Å². The zero-order valence-corrected chi connectivity index (χ0v) is 24.3. The van der Waals surface area contributed by atoms with Crippen molar-refractivity contribution in [1.82, 2.24) is 0 Å². The SMILES string of the molecule is CC(C)(C)c1ccc(Nc2cccc(-c3ccc(C(C)(C)C)c(C(C)(C)C)c3C(C)(C)C)c2)cc1. The van der Waals surface area contributed by atoms with Gasteiger partial charge in [0.05, 0.1) is 0 Å². The summed E-state index contributed by atoms with van der Waals surface area (Å²) in [6, 6.07) is 22.4. The van der Waals surface area contributed by atoms with Crippen LogP contribution in [0, 0.1) is 0 Å². The van der Waals surface area contributed by atoms with Crippen LogP contribution in [0.25, 0.3) is 11.1 Å². The molecule has 35 heavy (non-hydrogen) atoms. The summed E-state index contributed by atoms with van der Waals surface area (Å²) in [4.78, 5) is 0. The summed E-state index contributed by atoms with van der Waals surface area (Å²) in [5.41, 5.74) is 10.9. The van der Waals surface area contributed by atoms with Crippen molar-refractivity contribution < 1.29 is 0 Å². The van der Waals surface area contributed by atoms with E-state index in [-0.39, 0.29) is 21.7 Å². The molecule has 3 aromatic rings. The van der Waals surface area contributed by atoms with E-state index in [4.69, 9.17) is 0 Å². The smallest absolute Gasteiger partial charge is 0.0390 e. The summed E-state index contributed by atoms with van der Waals surface area (Å²) in [5.74, 6) is 0. The monoisotopic (exact) mass is 469 g/mol. The third kappa shape index (κ3) is 6.18. The molecular weight excluding hydrogens is 422 g/mol. The van der Waals surface area contributed by atoms with Gasteiger partial charge in [0.1, 0.15) is 0 Å². The van der Waals surface area contributed by atoms with Gasteiger partial charge in [-0.2, -0.15) is 0 Å². The molecule has 0 atom stereocenters. The first-order valence-electron chi connectivity index (χ1n) is 13.1. The van der Waals surface area contributed by atoms with Crippen molar-refractivity contribution in [3.63, 3.8) is 0 Å². The Kier molecular flexibility index (Phi) is 7.08. The number of nitrogens with one attached hydrogen (secondary N) is 1. The predicted molar refractivity (Wildman–Crippen MR) is 156 cm³/mol. The van der Waals surface area contributed by atoms with E-state index in [1.165, 1.54) is 33.4 Å². The van der Waals surface area contributed by atoms with E-state index in [9.17, 15) is 0 Å². The lowest BCUT2D eigenvalue weighted by Crippen LogP contribution is -2.28. The largest absolute Gasteiger partial charge is 0.356 e. The Bertz CT molecular complexity index is 1170. The van der Waals surface area contributed by atoms with Crippen molar-refractivity contribution in [2.24, 2.45) is 0 Å². The van der Waals surface area contributed by atoms with Gasteiger partial charge in [-0.1, -0.05) is 119 Å². The van der Waals surface area contributed by atoms with Crippen LogP contribution < -0.4 is 5.32 Å². The first-order valence-corrected chi connectivity index (χ1v) is 13.1. The van der Waals surface area contributed by atoms with Crippen molar-refractivity contribution >= 4 is 11.4 Å². The van der Waals surface area contributed by atoms with Gasteiger partial charge in [0.2, 0.25) is 0 Å².